The highest BCUT2D eigenvalue weighted by atomic mass is 16.5. The predicted octanol–water partition coefficient (Wildman–Crippen LogP) is 3.78. The van der Waals surface area contributed by atoms with Gasteiger partial charge in [-0.3, -0.25) is 0 Å². The van der Waals surface area contributed by atoms with E-state index in [1.807, 2.05) is 61.5 Å². The van der Waals surface area contributed by atoms with Crippen molar-refractivity contribution in [3.8, 4) is 5.75 Å². The Labute approximate surface area is 185 Å². The second kappa shape index (κ2) is 12.3. The van der Waals surface area contributed by atoms with Crippen molar-refractivity contribution in [2.45, 2.75) is 63.8 Å². The van der Waals surface area contributed by atoms with Crippen LogP contribution in [0.4, 0.5) is 4.79 Å². The first-order chi connectivity index (χ1) is 15.1. The van der Waals surface area contributed by atoms with Gasteiger partial charge in [0.25, 0.3) is 0 Å². The van der Waals surface area contributed by atoms with Crippen molar-refractivity contribution in [3.63, 3.8) is 0 Å². The number of ether oxygens (including phenoxy) is 2. The van der Waals surface area contributed by atoms with Crippen LogP contribution in [0.15, 0.2) is 54.6 Å². The number of nitrogens with two attached hydrogens (primary N) is 1. The molecule has 0 saturated heterocycles. The molecule has 6 nitrogen and oxygen atoms in total. The molecule has 6 heteroatoms. The maximum atomic E-state index is 12.5. The first-order valence-electron chi connectivity index (χ1n) is 11.3. The zero-order valence-corrected chi connectivity index (χ0v) is 18.4. The van der Waals surface area contributed by atoms with Crippen LogP contribution in [0.1, 0.15) is 43.7 Å². The number of amides is 1. The monoisotopic (exact) mass is 425 g/mol. The van der Waals surface area contributed by atoms with Crippen LogP contribution in [0.3, 0.4) is 0 Å². The summed E-state index contributed by atoms with van der Waals surface area (Å²) in [5.41, 5.74) is 8.38. The van der Waals surface area contributed by atoms with Crippen molar-refractivity contribution in [3.05, 3.63) is 65.7 Å². The van der Waals surface area contributed by atoms with Gasteiger partial charge in [-0.25, -0.2) is 4.79 Å². The van der Waals surface area contributed by atoms with Crippen molar-refractivity contribution >= 4 is 6.09 Å². The molecular formula is C25H35N3O3. The van der Waals surface area contributed by atoms with Gasteiger partial charge in [0.2, 0.25) is 0 Å². The van der Waals surface area contributed by atoms with Gasteiger partial charge in [-0.05, 0) is 49.4 Å². The Morgan fingerprint density at radius 3 is 2.52 bits per heavy atom. The van der Waals surface area contributed by atoms with Gasteiger partial charge in [-0.15, -0.1) is 0 Å². The number of rotatable bonds is 10. The van der Waals surface area contributed by atoms with Crippen LogP contribution in [0.25, 0.3) is 0 Å². The predicted molar refractivity (Wildman–Crippen MR) is 123 cm³/mol. The molecule has 0 heterocycles. The van der Waals surface area contributed by atoms with E-state index in [9.17, 15) is 4.79 Å². The van der Waals surface area contributed by atoms with Crippen molar-refractivity contribution in [1.82, 2.24) is 10.6 Å². The lowest BCUT2D eigenvalue weighted by Crippen LogP contribution is -2.52. The molecule has 0 radical (unpaired) electrons. The van der Waals surface area contributed by atoms with Crippen LogP contribution in [-0.2, 0) is 17.8 Å². The highest BCUT2D eigenvalue weighted by Gasteiger charge is 2.23. The third-order valence-corrected chi connectivity index (χ3v) is 5.70. The van der Waals surface area contributed by atoms with Crippen LogP contribution in [0, 0.1) is 0 Å². The fourth-order valence-corrected chi connectivity index (χ4v) is 3.99. The Morgan fingerprint density at radius 1 is 1.06 bits per heavy atom. The van der Waals surface area contributed by atoms with E-state index >= 15 is 0 Å². The molecule has 1 saturated carbocycles. The molecule has 3 unspecified atom stereocenters. The van der Waals surface area contributed by atoms with Gasteiger partial charge in [0.05, 0.1) is 6.61 Å². The van der Waals surface area contributed by atoms with E-state index < -0.39 is 6.09 Å². The molecule has 2 aromatic carbocycles. The normalized spacial score (nSPS) is 19.4. The topological polar surface area (TPSA) is 85.6 Å². The second-order valence-electron chi connectivity index (χ2n) is 8.15. The molecule has 0 aliphatic heterocycles. The van der Waals surface area contributed by atoms with Crippen LogP contribution >= 0.6 is 0 Å². The molecule has 2 aromatic rings. The summed E-state index contributed by atoms with van der Waals surface area (Å²) in [6, 6.07) is 18.1. The Balaban J connectivity index is 1.57. The third-order valence-electron chi connectivity index (χ3n) is 5.70. The Kier molecular flexibility index (Phi) is 9.18. The van der Waals surface area contributed by atoms with E-state index in [-0.39, 0.29) is 18.7 Å². The quantitative estimate of drug-likeness (QED) is 0.539. The molecule has 0 aromatic heterocycles. The number of hydrogen-bond acceptors (Lipinski definition) is 5. The van der Waals surface area contributed by atoms with Crippen LogP contribution in [0.2, 0.25) is 0 Å². The first kappa shape index (κ1) is 23.1. The lowest BCUT2D eigenvalue weighted by molar-refractivity contribution is 0.135. The van der Waals surface area contributed by atoms with E-state index in [1.165, 1.54) is 12.8 Å². The van der Waals surface area contributed by atoms with Crippen molar-refractivity contribution in [2.75, 3.05) is 13.2 Å². The Hall–Kier alpha value is -2.57. The van der Waals surface area contributed by atoms with Gasteiger partial charge in [0.15, 0.2) is 0 Å². The number of alkyl carbamates (subject to hydrolysis) is 1. The van der Waals surface area contributed by atoms with Crippen LogP contribution in [0.5, 0.6) is 5.75 Å². The Bertz CT molecular complexity index is 782. The molecule has 1 amide bonds. The molecule has 3 atom stereocenters. The number of carbonyl (C=O) groups excluding carboxylic acids is 1. The fourth-order valence-electron chi connectivity index (χ4n) is 3.99. The van der Waals surface area contributed by atoms with E-state index in [0.717, 1.165) is 29.7 Å². The Morgan fingerprint density at radius 2 is 1.81 bits per heavy atom. The van der Waals surface area contributed by atoms with Gasteiger partial charge in [-0.1, -0.05) is 55.3 Å². The number of nitrogens with one attached hydrogen (secondary N) is 2. The third kappa shape index (κ3) is 7.89. The minimum atomic E-state index is -0.408. The van der Waals surface area contributed by atoms with E-state index in [1.54, 1.807) is 0 Å². The maximum Gasteiger partial charge on any atom is 0.407 e. The lowest BCUT2D eigenvalue weighted by Gasteiger charge is -2.31. The average Bonchev–Trinajstić information content (AvgIpc) is 2.79. The average molecular weight is 426 g/mol. The summed E-state index contributed by atoms with van der Waals surface area (Å²) < 4.78 is 11.0. The molecule has 31 heavy (non-hydrogen) atoms. The summed E-state index contributed by atoms with van der Waals surface area (Å²) >= 11 is 0. The van der Waals surface area contributed by atoms with Crippen molar-refractivity contribution < 1.29 is 14.3 Å². The van der Waals surface area contributed by atoms with Gasteiger partial charge in [-0.2, -0.15) is 0 Å². The summed E-state index contributed by atoms with van der Waals surface area (Å²) in [7, 11) is 0. The van der Waals surface area contributed by atoms with Crippen LogP contribution in [-0.4, -0.2) is 37.4 Å². The maximum absolute atomic E-state index is 12.5. The van der Waals surface area contributed by atoms with Gasteiger partial charge in [0.1, 0.15) is 12.4 Å². The van der Waals surface area contributed by atoms with E-state index in [4.69, 9.17) is 15.2 Å². The van der Waals surface area contributed by atoms with E-state index in [2.05, 4.69) is 10.6 Å². The molecule has 1 aliphatic carbocycles. The minimum Gasteiger partial charge on any atom is -0.494 e. The second-order valence-corrected chi connectivity index (χ2v) is 8.15. The molecule has 168 valence electrons. The summed E-state index contributed by atoms with van der Waals surface area (Å²) in [6.07, 6.45) is 4.81. The molecule has 1 fully saturated rings. The van der Waals surface area contributed by atoms with Gasteiger partial charge < -0.3 is 25.8 Å². The van der Waals surface area contributed by atoms with Gasteiger partial charge in [0, 0.05) is 24.7 Å². The smallest absolute Gasteiger partial charge is 0.407 e. The molecule has 3 rings (SSSR count). The van der Waals surface area contributed by atoms with Crippen LogP contribution < -0.4 is 21.1 Å². The zero-order valence-electron chi connectivity index (χ0n) is 18.4. The van der Waals surface area contributed by atoms with Gasteiger partial charge >= 0.3 is 6.09 Å². The first-order valence-corrected chi connectivity index (χ1v) is 11.3. The lowest BCUT2D eigenvalue weighted by atomic mass is 9.91. The molecule has 4 N–H and O–H groups in total. The van der Waals surface area contributed by atoms with Crippen molar-refractivity contribution in [2.24, 2.45) is 5.73 Å². The number of carbonyl (C=O) groups is 1. The minimum absolute atomic E-state index is 0.102. The number of hydrogen-bond donors (Lipinski definition) is 3. The zero-order chi connectivity index (χ0) is 21.9. The standard InChI is InChI=1S/C25H35N3O3/c1-2-30-22-14-12-19(13-15-22)16-21(17-27-24-11-7-6-10-23(24)26)28-25(29)31-18-20-8-4-3-5-9-20/h3-5,8-9,12-15,21,23-24,27H,2,6-7,10-11,16-18,26H2,1H3,(H,28,29). The summed E-state index contributed by atoms with van der Waals surface area (Å²) in [5.74, 6) is 0.851. The fraction of sp³-hybridized carbons (Fsp3) is 0.480. The molecule has 1 aliphatic rings. The highest BCUT2D eigenvalue weighted by molar-refractivity contribution is 5.67. The van der Waals surface area contributed by atoms with E-state index in [0.29, 0.717) is 25.6 Å². The summed E-state index contributed by atoms with van der Waals surface area (Å²) in [5, 5.41) is 6.62. The molecular weight excluding hydrogens is 390 g/mol. The summed E-state index contributed by atoms with van der Waals surface area (Å²) in [4.78, 5) is 12.5. The molecule has 0 bridgehead atoms. The molecule has 0 spiro atoms. The van der Waals surface area contributed by atoms with Crippen molar-refractivity contribution in [1.29, 1.82) is 0 Å². The highest BCUT2D eigenvalue weighted by Crippen LogP contribution is 2.17. The number of benzene rings is 2. The largest absolute Gasteiger partial charge is 0.494 e. The SMILES string of the molecule is CCOc1ccc(CC(CNC2CCCCC2N)NC(=O)OCc2ccccc2)cc1. The summed E-state index contributed by atoms with van der Waals surface area (Å²) in [6.45, 7) is 3.51.